The normalized spacial score (nSPS) is 13.8. The fraction of sp³-hybridized carbons (Fsp3) is 0.382. The number of carbonyl (C=O) groups is 3. The van der Waals surface area contributed by atoms with Crippen LogP contribution in [0.1, 0.15) is 78.8 Å². The van der Waals surface area contributed by atoms with Crippen molar-refractivity contribution in [3.8, 4) is 0 Å². The number of allylic oxidation sites excluding steroid dienone is 5. The second-order valence-corrected chi connectivity index (χ2v) is 12.9. The number of sulfonamides is 1. The van der Waals surface area contributed by atoms with Crippen LogP contribution < -0.4 is 20.3 Å². The molecule has 45 heavy (non-hydrogen) atoms. The fourth-order valence-corrected chi connectivity index (χ4v) is 4.34. The van der Waals surface area contributed by atoms with Crippen molar-refractivity contribution in [2.24, 2.45) is 0 Å². The number of hydrogen-bond acceptors (Lipinski definition) is 6. The summed E-state index contributed by atoms with van der Waals surface area (Å²) in [4.78, 5) is 37.7. The number of Topliss-reactive ketones (excluding diaryl/α,β-unsaturated/α-hetero) is 1. The van der Waals surface area contributed by atoms with E-state index >= 15 is 0 Å². The van der Waals surface area contributed by atoms with E-state index in [-0.39, 0.29) is 35.7 Å². The molecule has 0 unspecified atom stereocenters. The third-order valence-electron chi connectivity index (χ3n) is 6.93. The zero-order chi connectivity index (χ0) is 33.6. The molecule has 0 spiro atoms. The van der Waals surface area contributed by atoms with Gasteiger partial charge in [-0.15, -0.1) is 0 Å². The molecule has 1 aliphatic rings. The molecule has 0 radical (unpaired) electrons. The van der Waals surface area contributed by atoms with E-state index in [4.69, 9.17) is 0 Å². The molecule has 1 aliphatic carbocycles. The topological polar surface area (TPSA) is 125 Å². The highest BCUT2D eigenvalue weighted by molar-refractivity contribution is 7.92. The summed E-state index contributed by atoms with van der Waals surface area (Å²) in [5.41, 5.74) is 2.11. The standard InChI is InChI=1S/C24H29FN4O5S.C10H16/c1-15(16-4-6-19(25)7-5-16)28-24(32)18-10-17(11-21(12-18)29(2)35(3,33)34)23(31)27-14-22(30)13-26-20-8-9-20;1-4-6-7-8-9-10(3)5-2/h4-7,10-12,15,20,26H,8-9,13-14H2,1-3H3,(H,27,31)(H,28,32);5-7,9H,2,4,8H2,1,3H3/b;7-6-,10-9-/t15-;/m1./s1. The summed E-state index contributed by atoms with van der Waals surface area (Å²) in [5.74, 6) is -1.76. The minimum Gasteiger partial charge on any atom is -0.346 e. The lowest BCUT2D eigenvalue weighted by molar-refractivity contribution is -0.117. The van der Waals surface area contributed by atoms with Gasteiger partial charge in [-0.25, -0.2) is 12.8 Å². The number of nitrogens with zero attached hydrogens (tertiary/aromatic N) is 1. The number of rotatable bonds is 15. The zero-order valence-corrected chi connectivity index (χ0v) is 27.5. The lowest BCUT2D eigenvalue weighted by Crippen LogP contribution is -2.35. The van der Waals surface area contributed by atoms with Crippen molar-refractivity contribution < 1.29 is 27.2 Å². The molecule has 9 nitrogen and oxygen atoms in total. The molecule has 11 heteroatoms. The molecular formula is C34H45FN4O5S. The monoisotopic (exact) mass is 640 g/mol. The van der Waals surface area contributed by atoms with E-state index in [9.17, 15) is 27.2 Å². The Morgan fingerprint density at radius 1 is 1.04 bits per heavy atom. The molecule has 1 fully saturated rings. The fourth-order valence-electron chi connectivity index (χ4n) is 3.85. The largest absolute Gasteiger partial charge is 0.346 e. The first kappa shape index (κ1) is 37.1. The maximum absolute atomic E-state index is 13.2. The highest BCUT2D eigenvalue weighted by Gasteiger charge is 2.22. The van der Waals surface area contributed by atoms with Gasteiger partial charge in [0.15, 0.2) is 5.78 Å². The van der Waals surface area contributed by atoms with E-state index in [0.717, 1.165) is 36.2 Å². The van der Waals surface area contributed by atoms with Gasteiger partial charge in [-0.1, -0.05) is 55.5 Å². The van der Waals surface area contributed by atoms with Gasteiger partial charge < -0.3 is 16.0 Å². The zero-order valence-electron chi connectivity index (χ0n) is 26.7. The summed E-state index contributed by atoms with van der Waals surface area (Å²) in [7, 11) is -2.37. The predicted octanol–water partition coefficient (Wildman–Crippen LogP) is 5.24. The van der Waals surface area contributed by atoms with Gasteiger partial charge in [0, 0.05) is 24.2 Å². The van der Waals surface area contributed by atoms with Crippen LogP contribution in [0.3, 0.4) is 0 Å². The Morgan fingerprint density at radius 3 is 2.22 bits per heavy atom. The lowest BCUT2D eigenvalue weighted by Gasteiger charge is -2.20. The smallest absolute Gasteiger partial charge is 0.251 e. The molecule has 2 aromatic rings. The first-order valence-corrected chi connectivity index (χ1v) is 16.7. The molecule has 0 aromatic heterocycles. The molecule has 1 saturated carbocycles. The van der Waals surface area contributed by atoms with E-state index in [1.807, 2.05) is 6.08 Å². The molecule has 2 amide bonds. The van der Waals surface area contributed by atoms with E-state index in [0.29, 0.717) is 11.6 Å². The van der Waals surface area contributed by atoms with Crippen molar-refractivity contribution >= 4 is 33.3 Å². The summed E-state index contributed by atoms with van der Waals surface area (Å²) < 4.78 is 38.3. The Morgan fingerprint density at radius 2 is 1.67 bits per heavy atom. The number of nitrogens with one attached hydrogen (secondary N) is 3. The molecule has 244 valence electrons. The van der Waals surface area contributed by atoms with E-state index in [1.165, 1.54) is 43.0 Å². The Hall–Kier alpha value is -4.09. The van der Waals surface area contributed by atoms with Crippen molar-refractivity contribution in [3.63, 3.8) is 0 Å². The van der Waals surface area contributed by atoms with Crippen LogP contribution >= 0.6 is 0 Å². The van der Waals surface area contributed by atoms with Gasteiger partial charge >= 0.3 is 0 Å². The first-order chi connectivity index (χ1) is 21.2. The third kappa shape index (κ3) is 13.6. The summed E-state index contributed by atoms with van der Waals surface area (Å²) in [6.07, 6.45) is 13.6. The van der Waals surface area contributed by atoms with Gasteiger partial charge in [-0.3, -0.25) is 18.7 Å². The average molecular weight is 641 g/mol. The highest BCUT2D eigenvalue weighted by atomic mass is 32.2. The van der Waals surface area contributed by atoms with Crippen molar-refractivity contribution in [1.29, 1.82) is 0 Å². The average Bonchev–Trinajstić information content (AvgIpc) is 3.85. The van der Waals surface area contributed by atoms with E-state index in [1.54, 1.807) is 19.1 Å². The summed E-state index contributed by atoms with van der Waals surface area (Å²) in [6, 6.07) is 9.55. The van der Waals surface area contributed by atoms with Gasteiger partial charge in [-0.05, 0) is 75.4 Å². The van der Waals surface area contributed by atoms with Crippen molar-refractivity contribution in [3.05, 3.63) is 101 Å². The number of anilines is 1. The summed E-state index contributed by atoms with van der Waals surface area (Å²) in [5, 5.41) is 8.36. The molecule has 0 saturated heterocycles. The Labute approximate surface area is 266 Å². The predicted molar refractivity (Wildman–Crippen MR) is 178 cm³/mol. The summed E-state index contributed by atoms with van der Waals surface area (Å²) >= 11 is 0. The molecule has 3 N–H and O–H groups in total. The molecule has 0 heterocycles. The Bertz CT molecular complexity index is 1500. The summed E-state index contributed by atoms with van der Waals surface area (Å²) in [6.45, 7) is 9.53. The number of benzene rings is 2. The van der Waals surface area contributed by atoms with Gasteiger partial charge in [-0.2, -0.15) is 0 Å². The second kappa shape index (κ2) is 18.0. The minimum absolute atomic E-state index is 0.0283. The van der Waals surface area contributed by atoms with Crippen molar-refractivity contribution in [2.45, 2.75) is 58.5 Å². The first-order valence-electron chi connectivity index (χ1n) is 14.9. The maximum Gasteiger partial charge on any atom is 0.251 e. The molecule has 2 aromatic carbocycles. The van der Waals surface area contributed by atoms with Crippen LogP contribution in [0.4, 0.5) is 10.1 Å². The number of carbonyl (C=O) groups excluding carboxylic acids is 3. The van der Waals surface area contributed by atoms with E-state index in [2.05, 4.69) is 54.6 Å². The van der Waals surface area contributed by atoms with Gasteiger partial charge in [0.05, 0.1) is 31.1 Å². The van der Waals surface area contributed by atoms with Gasteiger partial charge in [0.25, 0.3) is 11.8 Å². The van der Waals surface area contributed by atoms with Crippen LogP contribution in [0.2, 0.25) is 0 Å². The van der Waals surface area contributed by atoms with Crippen LogP contribution in [0.15, 0.2) is 78.9 Å². The Balaban J connectivity index is 0.000000607. The number of halogens is 1. The van der Waals surface area contributed by atoms with Crippen LogP contribution in [-0.4, -0.2) is 58.5 Å². The second-order valence-electron chi connectivity index (χ2n) is 10.9. The number of ketones is 1. The highest BCUT2D eigenvalue weighted by Crippen LogP contribution is 2.22. The molecule has 0 bridgehead atoms. The van der Waals surface area contributed by atoms with Crippen molar-refractivity contribution in [1.82, 2.24) is 16.0 Å². The van der Waals surface area contributed by atoms with E-state index < -0.39 is 33.7 Å². The molecular weight excluding hydrogens is 595 g/mol. The van der Waals surface area contributed by atoms with Crippen LogP contribution in [0, 0.1) is 5.82 Å². The van der Waals surface area contributed by atoms with Gasteiger partial charge in [0.2, 0.25) is 10.0 Å². The van der Waals surface area contributed by atoms with Crippen molar-refractivity contribution in [2.75, 3.05) is 30.7 Å². The van der Waals surface area contributed by atoms with Crippen LogP contribution in [0.25, 0.3) is 0 Å². The number of amides is 2. The van der Waals surface area contributed by atoms with Crippen LogP contribution in [0.5, 0.6) is 0 Å². The molecule has 0 aliphatic heterocycles. The maximum atomic E-state index is 13.2. The number of hydrogen-bond donors (Lipinski definition) is 3. The minimum atomic E-state index is -3.67. The Kier molecular flexibility index (Phi) is 14.9. The SMILES string of the molecule is C=C/C(C)=C\C/C=C\CC.C[C@@H](NC(=O)c1cc(C(=O)NCC(=O)CNC2CC2)cc(N(C)S(C)(=O)=O)c1)c1ccc(F)cc1. The van der Waals surface area contributed by atoms with Crippen LogP contribution in [-0.2, 0) is 14.8 Å². The molecule has 1 atom stereocenters. The molecule has 3 rings (SSSR count). The lowest BCUT2D eigenvalue weighted by atomic mass is 10.1. The quantitative estimate of drug-likeness (QED) is 0.181. The third-order valence-corrected chi connectivity index (χ3v) is 8.14. The van der Waals surface area contributed by atoms with Gasteiger partial charge in [0.1, 0.15) is 5.82 Å².